The molecule has 0 bridgehead atoms. The van der Waals surface area contributed by atoms with E-state index in [1.165, 1.54) is 0 Å². The summed E-state index contributed by atoms with van der Waals surface area (Å²) in [5.41, 5.74) is 5.93. The number of nitrogens with zero attached hydrogens (tertiary/aromatic N) is 2. The molecule has 3 N–H and O–H groups in total. The summed E-state index contributed by atoms with van der Waals surface area (Å²) in [6.07, 6.45) is 2.95. The number of aryl methyl sites for hydroxylation is 1. The Hall–Kier alpha value is -1.24. The molecular weight excluding hydrogens is 264 g/mol. The van der Waals surface area contributed by atoms with Gasteiger partial charge in [-0.3, -0.25) is 0 Å². The quantitative estimate of drug-likeness (QED) is 0.797. The van der Waals surface area contributed by atoms with Crippen LogP contribution in [0.5, 0.6) is 0 Å². The van der Waals surface area contributed by atoms with Gasteiger partial charge < -0.3 is 11.1 Å². The zero-order valence-electron chi connectivity index (χ0n) is 12.1. The van der Waals surface area contributed by atoms with Gasteiger partial charge in [0.15, 0.2) is 20.6 Å². The van der Waals surface area contributed by atoms with E-state index in [9.17, 15) is 8.42 Å². The minimum atomic E-state index is -3.38. The number of nitrogens with two attached hydrogens (primary N) is 1. The summed E-state index contributed by atoms with van der Waals surface area (Å²) < 4.78 is 25.2. The molecule has 0 amide bonds. The van der Waals surface area contributed by atoms with E-state index in [4.69, 9.17) is 5.73 Å². The molecule has 7 heteroatoms. The van der Waals surface area contributed by atoms with Gasteiger partial charge in [-0.25, -0.2) is 13.1 Å². The van der Waals surface area contributed by atoms with E-state index in [1.807, 2.05) is 6.92 Å². The van der Waals surface area contributed by atoms with E-state index >= 15 is 0 Å². The molecule has 0 aliphatic heterocycles. The number of nitrogens with one attached hydrogen (secondary N) is 1. The van der Waals surface area contributed by atoms with E-state index in [1.54, 1.807) is 4.68 Å². The van der Waals surface area contributed by atoms with Crippen molar-refractivity contribution in [2.45, 2.75) is 45.1 Å². The lowest BCUT2D eigenvalue weighted by atomic mass is 10.1. The standard InChI is InChI=1S/C12H24N4O2S/c1-5-7-14-12-10(19(4,17)18)11(13)16(15-12)8-6-9(2)3/h9H,5-8,13H2,1-4H3,(H,14,15). The fourth-order valence-corrected chi connectivity index (χ4v) is 2.68. The van der Waals surface area contributed by atoms with Gasteiger partial charge in [0.2, 0.25) is 0 Å². The molecule has 0 radical (unpaired) electrons. The number of aromatic nitrogens is 2. The van der Waals surface area contributed by atoms with Crippen LogP contribution in [0, 0.1) is 5.92 Å². The average molecular weight is 288 g/mol. The molecule has 1 rings (SSSR count). The SMILES string of the molecule is CCCNc1nn(CCC(C)C)c(N)c1S(C)(=O)=O. The van der Waals surface area contributed by atoms with Gasteiger partial charge in [-0.15, -0.1) is 0 Å². The number of hydrogen-bond acceptors (Lipinski definition) is 5. The zero-order chi connectivity index (χ0) is 14.6. The lowest BCUT2D eigenvalue weighted by molar-refractivity contribution is 0.491. The summed E-state index contributed by atoms with van der Waals surface area (Å²) in [7, 11) is -3.38. The first-order valence-electron chi connectivity index (χ1n) is 6.57. The molecule has 1 heterocycles. The van der Waals surface area contributed by atoms with Gasteiger partial charge in [-0.1, -0.05) is 20.8 Å². The number of nitrogen functional groups attached to an aromatic ring is 1. The third-order valence-electron chi connectivity index (χ3n) is 2.78. The number of rotatable bonds is 7. The highest BCUT2D eigenvalue weighted by Gasteiger charge is 2.23. The Balaban J connectivity index is 3.11. The first-order valence-corrected chi connectivity index (χ1v) is 8.46. The molecule has 0 aliphatic rings. The molecule has 0 aliphatic carbocycles. The van der Waals surface area contributed by atoms with Crippen LogP contribution in [0.15, 0.2) is 4.90 Å². The molecule has 1 aromatic heterocycles. The first kappa shape index (κ1) is 15.8. The number of hydrogen-bond donors (Lipinski definition) is 2. The summed E-state index contributed by atoms with van der Waals surface area (Å²) in [4.78, 5) is 0.115. The van der Waals surface area contributed by atoms with Crippen LogP contribution in [0.25, 0.3) is 0 Å². The molecular formula is C12H24N4O2S. The molecule has 0 saturated heterocycles. The molecule has 0 saturated carbocycles. The van der Waals surface area contributed by atoms with Gasteiger partial charge in [0, 0.05) is 19.3 Å². The molecule has 6 nitrogen and oxygen atoms in total. The summed E-state index contributed by atoms with van der Waals surface area (Å²) in [5, 5.41) is 7.31. The predicted molar refractivity (Wildman–Crippen MR) is 78.0 cm³/mol. The van der Waals surface area contributed by atoms with Crippen molar-refractivity contribution in [1.82, 2.24) is 9.78 Å². The maximum absolute atomic E-state index is 11.8. The molecule has 0 unspecified atom stereocenters. The Morgan fingerprint density at radius 2 is 2.05 bits per heavy atom. The molecule has 110 valence electrons. The van der Waals surface area contributed by atoms with Gasteiger partial charge in [0.05, 0.1) is 0 Å². The Bertz CT molecular complexity index is 520. The second-order valence-electron chi connectivity index (χ2n) is 5.17. The largest absolute Gasteiger partial charge is 0.383 e. The van der Waals surface area contributed by atoms with Gasteiger partial charge in [0.25, 0.3) is 0 Å². The molecule has 0 atom stereocenters. The molecule has 1 aromatic rings. The Kier molecular flexibility index (Phi) is 5.22. The minimum absolute atomic E-state index is 0.115. The van der Waals surface area contributed by atoms with Crippen molar-refractivity contribution in [1.29, 1.82) is 0 Å². The van der Waals surface area contributed by atoms with E-state index < -0.39 is 9.84 Å². The summed E-state index contributed by atoms with van der Waals surface area (Å²) in [6.45, 7) is 7.51. The van der Waals surface area contributed by atoms with Crippen molar-refractivity contribution in [3.05, 3.63) is 0 Å². The topological polar surface area (TPSA) is 90.0 Å². The van der Waals surface area contributed by atoms with Crippen LogP contribution in [-0.2, 0) is 16.4 Å². The van der Waals surface area contributed by atoms with Crippen LogP contribution in [0.4, 0.5) is 11.6 Å². The van der Waals surface area contributed by atoms with Crippen molar-refractivity contribution in [2.24, 2.45) is 5.92 Å². The van der Waals surface area contributed by atoms with Crippen molar-refractivity contribution in [2.75, 3.05) is 23.9 Å². The molecule has 0 spiro atoms. The number of anilines is 2. The van der Waals surface area contributed by atoms with Crippen molar-refractivity contribution >= 4 is 21.5 Å². The van der Waals surface area contributed by atoms with Gasteiger partial charge in [-0.05, 0) is 18.8 Å². The van der Waals surface area contributed by atoms with Crippen molar-refractivity contribution in [3.63, 3.8) is 0 Å². The van der Waals surface area contributed by atoms with Crippen LogP contribution < -0.4 is 11.1 Å². The van der Waals surface area contributed by atoms with Crippen LogP contribution >= 0.6 is 0 Å². The fraction of sp³-hybridized carbons (Fsp3) is 0.750. The number of sulfone groups is 1. The van der Waals surface area contributed by atoms with Crippen LogP contribution in [0.1, 0.15) is 33.6 Å². The van der Waals surface area contributed by atoms with E-state index in [0.29, 0.717) is 24.8 Å². The zero-order valence-corrected chi connectivity index (χ0v) is 12.9. The predicted octanol–water partition coefficient (Wildman–Crippen LogP) is 1.74. The van der Waals surface area contributed by atoms with Gasteiger partial charge in [-0.2, -0.15) is 5.10 Å². The fourth-order valence-electron chi connectivity index (χ4n) is 1.73. The normalized spacial score (nSPS) is 12.1. The third kappa shape index (κ3) is 4.12. The second-order valence-corrected chi connectivity index (χ2v) is 7.12. The monoisotopic (exact) mass is 288 g/mol. The minimum Gasteiger partial charge on any atom is -0.383 e. The Morgan fingerprint density at radius 1 is 1.42 bits per heavy atom. The lowest BCUT2D eigenvalue weighted by Crippen LogP contribution is -2.09. The van der Waals surface area contributed by atoms with Crippen LogP contribution in [-0.4, -0.2) is 31.0 Å². The van der Waals surface area contributed by atoms with Crippen LogP contribution in [0.3, 0.4) is 0 Å². The van der Waals surface area contributed by atoms with Gasteiger partial charge in [0.1, 0.15) is 5.82 Å². The summed E-state index contributed by atoms with van der Waals surface area (Å²) in [5.74, 6) is 1.10. The van der Waals surface area contributed by atoms with Crippen molar-refractivity contribution < 1.29 is 8.42 Å². The average Bonchev–Trinajstić information content (AvgIpc) is 2.60. The van der Waals surface area contributed by atoms with Crippen molar-refractivity contribution in [3.8, 4) is 0 Å². The summed E-state index contributed by atoms with van der Waals surface area (Å²) >= 11 is 0. The van der Waals surface area contributed by atoms with E-state index in [2.05, 4.69) is 24.3 Å². The highest BCUT2D eigenvalue weighted by atomic mass is 32.2. The van der Waals surface area contributed by atoms with Gasteiger partial charge >= 0.3 is 0 Å². The lowest BCUT2D eigenvalue weighted by Gasteiger charge is -2.06. The van der Waals surface area contributed by atoms with E-state index in [0.717, 1.165) is 19.1 Å². The molecule has 0 fully saturated rings. The second kappa shape index (κ2) is 6.27. The molecule has 19 heavy (non-hydrogen) atoms. The molecule has 0 aromatic carbocycles. The highest BCUT2D eigenvalue weighted by Crippen LogP contribution is 2.27. The maximum atomic E-state index is 11.8. The van der Waals surface area contributed by atoms with E-state index in [-0.39, 0.29) is 10.7 Å². The van der Waals surface area contributed by atoms with Crippen LogP contribution in [0.2, 0.25) is 0 Å². The Morgan fingerprint density at radius 3 is 2.53 bits per heavy atom. The maximum Gasteiger partial charge on any atom is 0.182 e. The summed E-state index contributed by atoms with van der Waals surface area (Å²) in [6, 6.07) is 0. The Labute approximate surface area is 115 Å². The first-order chi connectivity index (χ1) is 8.77. The highest BCUT2D eigenvalue weighted by molar-refractivity contribution is 7.91. The smallest absolute Gasteiger partial charge is 0.182 e. The third-order valence-corrected chi connectivity index (χ3v) is 3.92.